The molecule has 1 heterocycles. The molecule has 0 atom stereocenters. The lowest BCUT2D eigenvalue weighted by Crippen LogP contribution is -2.23. The third kappa shape index (κ3) is 5.40. The maximum Gasteiger partial charge on any atom is 0.329 e. The minimum absolute atomic E-state index is 0.208. The molecule has 1 fully saturated rings. The molecule has 4 rings (SSSR count). The van der Waals surface area contributed by atoms with Gasteiger partial charge in [0, 0.05) is 22.7 Å². The maximum atomic E-state index is 10.7. The van der Waals surface area contributed by atoms with Gasteiger partial charge in [0.2, 0.25) is 0 Å². The molecule has 1 saturated carbocycles. The lowest BCUT2D eigenvalue weighted by atomic mass is 9.82. The number of carboxylic acid groups (broad SMARTS) is 1. The molecule has 0 bridgehead atoms. The quantitative estimate of drug-likeness (QED) is 0.449. The average molecular weight is 453 g/mol. The van der Waals surface area contributed by atoms with Crippen molar-refractivity contribution in [3.8, 4) is 22.4 Å². The molecule has 6 heteroatoms. The SMILES string of the molecule is Cc1nn(C[C@H]2CC[C@H](COCC(=O)O)CC2)c(-c2ccccc2)c1-c1ccc(Cl)cc1. The Morgan fingerprint density at radius 3 is 2.34 bits per heavy atom. The largest absolute Gasteiger partial charge is 0.480 e. The summed E-state index contributed by atoms with van der Waals surface area (Å²) in [7, 11) is 0. The van der Waals surface area contributed by atoms with Crippen LogP contribution in [0.2, 0.25) is 5.02 Å². The van der Waals surface area contributed by atoms with E-state index in [-0.39, 0.29) is 6.61 Å². The highest BCUT2D eigenvalue weighted by Crippen LogP contribution is 2.37. The first-order valence-electron chi connectivity index (χ1n) is 11.2. The molecule has 1 aromatic heterocycles. The van der Waals surface area contributed by atoms with Crippen LogP contribution < -0.4 is 0 Å². The molecule has 0 unspecified atom stereocenters. The summed E-state index contributed by atoms with van der Waals surface area (Å²) in [6, 6.07) is 18.4. The van der Waals surface area contributed by atoms with E-state index in [0.29, 0.717) is 18.4 Å². The van der Waals surface area contributed by atoms with Crippen LogP contribution in [0.25, 0.3) is 22.4 Å². The van der Waals surface area contributed by atoms with Crippen LogP contribution in [0.4, 0.5) is 0 Å². The van der Waals surface area contributed by atoms with Crippen molar-refractivity contribution in [1.29, 1.82) is 0 Å². The number of aliphatic carboxylic acids is 1. The molecular formula is C26H29ClN2O3. The van der Waals surface area contributed by atoms with Gasteiger partial charge in [-0.15, -0.1) is 0 Å². The topological polar surface area (TPSA) is 64.4 Å². The molecule has 168 valence electrons. The number of halogens is 1. The highest BCUT2D eigenvalue weighted by atomic mass is 35.5. The number of nitrogens with zero attached hydrogens (tertiary/aromatic N) is 2. The Kier molecular flexibility index (Phi) is 7.28. The zero-order chi connectivity index (χ0) is 22.5. The molecule has 32 heavy (non-hydrogen) atoms. The van der Waals surface area contributed by atoms with Gasteiger partial charge < -0.3 is 9.84 Å². The van der Waals surface area contributed by atoms with Crippen molar-refractivity contribution in [3.05, 3.63) is 65.3 Å². The van der Waals surface area contributed by atoms with E-state index < -0.39 is 5.97 Å². The fraction of sp³-hybridized carbons (Fsp3) is 0.385. The highest BCUT2D eigenvalue weighted by molar-refractivity contribution is 6.30. The zero-order valence-corrected chi connectivity index (χ0v) is 19.1. The van der Waals surface area contributed by atoms with Crippen LogP contribution >= 0.6 is 11.6 Å². The van der Waals surface area contributed by atoms with E-state index in [2.05, 4.69) is 48.0 Å². The normalized spacial score (nSPS) is 18.6. The Bertz CT molecular complexity index is 1040. The molecular weight excluding hydrogens is 424 g/mol. The van der Waals surface area contributed by atoms with Crippen LogP contribution in [0.15, 0.2) is 54.6 Å². The van der Waals surface area contributed by atoms with Gasteiger partial charge in [0.1, 0.15) is 6.61 Å². The summed E-state index contributed by atoms with van der Waals surface area (Å²) in [6.45, 7) is 3.28. The third-order valence-electron chi connectivity index (χ3n) is 6.28. The van der Waals surface area contributed by atoms with Crippen molar-refractivity contribution < 1.29 is 14.6 Å². The molecule has 0 aliphatic heterocycles. The van der Waals surface area contributed by atoms with Gasteiger partial charge >= 0.3 is 5.97 Å². The van der Waals surface area contributed by atoms with E-state index in [1.54, 1.807) is 0 Å². The molecule has 0 radical (unpaired) electrons. The highest BCUT2D eigenvalue weighted by Gasteiger charge is 2.25. The van der Waals surface area contributed by atoms with Gasteiger partial charge in [-0.25, -0.2) is 4.79 Å². The lowest BCUT2D eigenvalue weighted by molar-refractivity contribution is -0.142. The van der Waals surface area contributed by atoms with Crippen molar-refractivity contribution in [2.45, 2.75) is 39.2 Å². The van der Waals surface area contributed by atoms with Crippen LogP contribution in [-0.2, 0) is 16.1 Å². The van der Waals surface area contributed by atoms with E-state index in [0.717, 1.165) is 65.3 Å². The number of benzene rings is 2. The Balaban J connectivity index is 1.54. The summed E-state index contributed by atoms with van der Waals surface area (Å²) in [4.78, 5) is 10.7. The second-order valence-electron chi connectivity index (χ2n) is 8.66. The Morgan fingerprint density at radius 2 is 1.69 bits per heavy atom. The van der Waals surface area contributed by atoms with Crippen molar-refractivity contribution >= 4 is 17.6 Å². The molecule has 1 N–H and O–H groups in total. The summed E-state index contributed by atoms with van der Waals surface area (Å²) in [5.41, 5.74) is 5.60. The molecule has 1 aliphatic rings. The van der Waals surface area contributed by atoms with E-state index in [1.165, 1.54) is 0 Å². The number of hydrogen-bond donors (Lipinski definition) is 1. The Morgan fingerprint density at radius 1 is 1.03 bits per heavy atom. The standard InChI is InChI=1S/C26H29ClN2O3/c1-18-25(21-11-13-23(27)14-12-21)26(22-5-3-2-4-6-22)29(28-18)15-19-7-9-20(10-8-19)16-32-17-24(30)31/h2-6,11-14,19-20H,7-10,15-17H2,1H3,(H,30,31)/t19-,20-. The van der Waals surface area contributed by atoms with E-state index >= 15 is 0 Å². The van der Waals surface area contributed by atoms with Gasteiger partial charge in [-0.1, -0.05) is 54.1 Å². The van der Waals surface area contributed by atoms with Crippen molar-refractivity contribution in [1.82, 2.24) is 9.78 Å². The lowest BCUT2D eigenvalue weighted by Gasteiger charge is -2.28. The molecule has 0 saturated heterocycles. The van der Waals surface area contributed by atoms with Crippen LogP contribution in [0.5, 0.6) is 0 Å². The minimum Gasteiger partial charge on any atom is -0.480 e. The Hall–Kier alpha value is -2.63. The van der Waals surface area contributed by atoms with Gasteiger partial charge in [-0.05, 0) is 62.1 Å². The molecule has 2 aromatic carbocycles. The molecule has 1 aliphatic carbocycles. The van der Waals surface area contributed by atoms with E-state index in [1.807, 2.05) is 18.2 Å². The number of carboxylic acids is 1. The predicted molar refractivity (Wildman–Crippen MR) is 127 cm³/mol. The summed E-state index contributed by atoms with van der Waals surface area (Å²) < 4.78 is 7.50. The molecule has 3 aromatic rings. The van der Waals surface area contributed by atoms with Crippen molar-refractivity contribution in [3.63, 3.8) is 0 Å². The van der Waals surface area contributed by atoms with Crippen LogP contribution in [0.1, 0.15) is 31.4 Å². The minimum atomic E-state index is -0.905. The summed E-state index contributed by atoms with van der Waals surface area (Å²) in [5.74, 6) is 0.0893. The van der Waals surface area contributed by atoms with E-state index in [9.17, 15) is 4.79 Å². The average Bonchev–Trinajstić information content (AvgIpc) is 3.11. The second kappa shape index (κ2) is 10.3. The van der Waals surface area contributed by atoms with Crippen LogP contribution in [-0.4, -0.2) is 34.1 Å². The summed E-state index contributed by atoms with van der Waals surface area (Å²) in [6.07, 6.45) is 4.33. The fourth-order valence-corrected chi connectivity index (χ4v) is 4.83. The number of ether oxygens (including phenoxy) is 1. The first-order valence-corrected chi connectivity index (χ1v) is 11.6. The van der Waals surface area contributed by atoms with Crippen molar-refractivity contribution in [2.24, 2.45) is 11.8 Å². The first kappa shape index (κ1) is 22.6. The third-order valence-corrected chi connectivity index (χ3v) is 6.54. The maximum absolute atomic E-state index is 10.7. The summed E-state index contributed by atoms with van der Waals surface area (Å²) in [5, 5.41) is 14.4. The number of aromatic nitrogens is 2. The van der Waals surface area contributed by atoms with Gasteiger partial charge in [0.15, 0.2) is 0 Å². The number of carbonyl (C=O) groups is 1. The first-order chi connectivity index (χ1) is 15.5. The fourth-order valence-electron chi connectivity index (χ4n) is 4.70. The van der Waals surface area contributed by atoms with Gasteiger partial charge in [0.25, 0.3) is 0 Å². The smallest absolute Gasteiger partial charge is 0.329 e. The van der Waals surface area contributed by atoms with Crippen LogP contribution in [0, 0.1) is 18.8 Å². The van der Waals surface area contributed by atoms with Gasteiger partial charge in [-0.3, -0.25) is 4.68 Å². The Labute approximate surface area is 194 Å². The van der Waals surface area contributed by atoms with E-state index in [4.69, 9.17) is 26.5 Å². The number of hydrogen-bond acceptors (Lipinski definition) is 3. The number of rotatable bonds is 8. The molecule has 0 amide bonds. The van der Waals surface area contributed by atoms with Gasteiger partial charge in [0.05, 0.1) is 18.0 Å². The summed E-state index contributed by atoms with van der Waals surface area (Å²) >= 11 is 6.13. The zero-order valence-electron chi connectivity index (χ0n) is 18.3. The second-order valence-corrected chi connectivity index (χ2v) is 9.10. The molecule has 5 nitrogen and oxygen atoms in total. The molecule has 0 spiro atoms. The van der Waals surface area contributed by atoms with Gasteiger partial charge in [-0.2, -0.15) is 5.10 Å². The predicted octanol–water partition coefficient (Wildman–Crippen LogP) is 6.09. The van der Waals surface area contributed by atoms with Crippen molar-refractivity contribution in [2.75, 3.05) is 13.2 Å². The monoisotopic (exact) mass is 452 g/mol. The van der Waals surface area contributed by atoms with Crippen LogP contribution in [0.3, 0.4) is 0 Å². The number of aryl methyl sites for hydroxylation is 1.